The van der Waals surface area contributed by atoms with Gasteiger partial charge in [0.15, 0.2) is 11.5 Å². The molecule has 8 nitrogen and oxygen atoms in total. The van der Waals surface area contributed by atoms with Gasteiger partial charge in [0, 0.05) is 23.2 Å². The van der Waals surface area contributed by atoms with Crippen LogP contribution in [0.2, 0.25) is 0 Å². The summed E-state index contributed by atoms with van der Waals surface area (Å²) in [5, 5.41) is 3.89. The number of alkyl halides is 3. The Morgan fingerprint density at radius 3 is 2.39 bits per heavy atom. The topological polar surface area (TPSA) is 94.8 Å². The quantitative estimate of drug-likeness (QED) is 0.369. The average molecular weight is 534 g/mol. The highest BCUT2D eigenvalue weighted by Gasteiger charge is 2.45. The highest BCUT2D eigenvalue weighted by molar-refractivity contribution is 5.92. The average Bonchev–Trinajstić information content (AvgIpc) is 2.81. The zero-order valence-corrected chi connectivity index (χ0v) is 22.4. The lowest BCUT2D eigenvalue weighted by Crippen LogP contribution is -2.58. The molecule has 206 valence electrons. The summed E-state index contributed by atoms with van der Waals surface area (Å²) in [6, 6.07) is 6.81. The summed E-state index contributed by atoms with van der Waals surface area (Å²) < 4.78 is 57.5. The molecule has 1 aliphatic heterocycles. The number of rotatable bonds is 9. The number of benzene rings is 2. The number of nitrogens with zero attached hydrogens (tertiary/aromatic N) is 3. The molecular formula is C27H34F3N5O3. The predicted octanol–water partition coefficient (Wildman–Crippen LogP) is 5.07. The molecule has 0 unspecified atom stereocenters. The lowest BCUT2D eigenvalue weighted by Gasteiger charge is -2.47. The van der Waals surface area contributed by atoms with E-state index in [1.54, 1.807) is 33.1 Å². The van der Waals surface area contributed by atoms with Crippen LogP contribution < -0.4 is 20.5 Å². The Bertz CT molecular complexity index is 1310. The number of nitrogens with one attached hydrogen (secondary N) is 1. The lowest BCUT2D eigenvalue weighted by atomic mass is 9.79. The third kappa shape index (κ3) is 5.58. The number of aryl methyl sites for hydroxylation is 1. The van der Waals surface area contributed by atoms with Crippen molar-refractivity contribution in [3.8, 4) is 11.5 Å². The number of anilines is 2. The Labute approximate surface area is 220 Å². The number of nitrogens with two attached hydrogens (primary N) is 1. The molecule has 1 aliphatic rings. The van der Waals surface area contributed by atoms with Crippen LogP contribution in [-0.2, 0) is 10.9 Å². The van der Waals surface area contributed by atoms with Gasteiger partial charge >= 0.3 is 6.18 Å². The van der Waals surface area contributed by atoms with E-state index in [2.05, 4.69) is 27.1 Å². The molecule has 0 spiro atoms. The van der Waals surface area contributed by atoms with Crippen LogP contribution >= 0.6 is 0 Å². The third-order valence-electron chi connectivity index (χ3n) is 7.21. The summed E-state index contributed by atoms with van der Waals surface area (Å²) in [4.78, 5) is 11.2. The smallest absolute Gasteiger partial charge is 0.416 e. The molecule has 0 aliphatic carbocycles. The third-order valence-corrected chi connectivity index (χ3v) is 7.21. The maximum atomic E-state index is 13.4. The molecule has 1 saturated heterocycles. The summed E-state index contributed by atoms with van der Waals surface area (Å²) >= 11 is 0. The van der Waals surface area contributed by atoms with Gasteiger partial charge in [-0.05, 0) is 64.7 Å². The van der Waals surface area contributed by atoms with Gasteiger partial charge in [-0.15, -0.1) is 0 Å². The summed E-state index contributed by atoms with van der Waals surface area (Å²) in [5.41, 5.74) is 5.86. The van der Waals surface area contributed by atoms with E-state index in [-0.39, 0.29) is 17.1 Å². The van der Waals surface area contributed by atoms with Crippen molar-refractivity contribution < 1.29 is 27.4 Å². The van der Waals surface area contributed by atoms with E-state index in [4.69, 9.17) is 19.9 Å². The highest BCUT2D eigenvalue weighted by atomic mass is 19.4. The summed E-state index contributed by atoms with van der Waals surface area (Å²) in [6.07, 6.45) is -4.50. The van der Waals surface area contributed by atoms with Crippen molar-refractivity contribution in [3.05, 3.63) is 47.3 Å². The first-order chi connectivity index (χ1) is 17.8. The molecule has 2 aromatic carbocycles. The van der Waals surface area contributed by atoms with Gasteiger partial charge in [0.25, 0.3) is 0 Å². The Hall–Kier alpha value is -3.31. The molecule has 3 aromatic rings. The van der Waals surface area contributed by atoms with Gasteiger partial charge in [0.05, 0.1) is 49.5 Å². The van der Waals surface area contributed by atoms with E-state index in [0.717, 1.165) is 12.1 Å². The summed E-state index contributed by atoms with van der Waals surface area (Å²) in [7, 11) is 5.61. The summed E-state index contributed by atoms with van der Waals surface area (Å²) in [5.74, 6) is 2.00. The summed E-state index contributed by atoms with van der Waals surface area (Å²) in [6.45, 7) is 7.25. The maximum Gasteiger partial charge on any atom is 0.416 e. The van der Waals surface area contributed by atoms with Crippen molar-refractivity contribution in [1.29, 1.82) is 0 Å². The van der Waals surface area contributed by atoms with Gasteiger partial charge in [0.1, 0.15) is 11.6 Å². The number of nitrogen functional groups attached to an aromatic ring is 1. The van der Waals surface area contributed by atoms with Crippen LogP contribution in [-0.4, -0.2) is 61.9 Å². The van der Waals surface area contributed by atoms with Gasteiger partial charge in [-0.1, -0.05) is 0 Å². The number of aromatic nitrogens is 2. The van der Waals surface area contributed by atoms with E-state index >= 15 is 0 Å². The Kier molecular flexibility index (Phi) is 7.62. The molecule has 38 heavy (non-hydrogen) atoms. The van der Waals surface area contributed by atoms with E-state index in [1.807, 2.05) is 14.1 Å². The molecule has 0 bridgehead atoms. The van der Waals surface area contributed by atoms with E-state index < -0.39 is 17.8 Å². The number of hydrogen-bond acceptors (Lipinski definition) is 8. The minimum Gasteiger partial charge on any atom is -0.493 e. The second-order valence-electron chi connectivity index (χ2n) is 10.2. The van der Waals surface area contributed by atoms with Gasteiger partial charge in [-0.3, -0.25) is 0 Å². The van der Waals surface area contributed by atoms with Gasteiger partial charge in [-0.25, -0.2) is 9.97 Å². The highest BCUT2D eigenvalue weighted by Crippen LogP contribution is 2.39. The van der Waals surface area contributed by atoms with E-state index in [0.29, 0.717) is 59.4 Å². The minimum absolute atomic E-state index is 0.0356. The molecule has 1 fully saturated rings. The maximum absolute atomic E-state index is 13.4. The molecule has 11 heteroatoms. The molecule has 0 radical (unpaired) electrons. The predicted molar refractivity (Wildman–Crippen MR) is 141 cm³/mol. The molecular weight excluding hydrogens is 499 g/mol. The van der Waals surface area contributed by atoms with Gasteiger partial charge in [-0.2, -0.15) is 13.2 Å². The first-order valence-electron chi connectivity index (χ1n) is 12.3. The van der Waals surface area contributed by atoms with Crippen LogP contribution in [0, 0.1) is 12.3 Å². The SMILES string of the molecule is COc1cc2nc(C)nc(N[C@H](C)c3cc(N)cc(C(F)(F)F)c3)c2cc1OCC1([C@H](C)N(C)C)COC1. The van der Waals surface area contributed by atoms with Crippen LogP contribution in [0.3, 0.4) is 0 Å². The molecule has 4 rings (SSSR count). The Morgan fingerprint density at radius 1 is 1.11 bits per heavy atom. The van der Waals surface area contributed by atoms with Crippen molar-refractivity contribution in [2.45, 2.75) is 39.0 Å². The lowest BCUT2D eigenvalue weighted by molar-refractivity contribution is -0.162. The van der Waals surface area contributed by atoms with Gasteiger partial charge in [0.2, 0.25) is 0 Å². The van der Waals surface area contributed by atoms with E-state index in [9.17, 15) is 13.2 Å². The fourth-order valence-electron chi connectivity index (χ4n) is 4.59. The minimum atomic E-state index is -4.50. The fraction of sp³-hybridized carbons (Fsp3) is 0.481. The standard InChI is InChI=1S/C27H34F3N5O3/c1-15(18-7-19(27(28,29)30)9-20(31)8-18)32-25-21-10-24(23(36-6)11-22(21)33-17(3)34-25)38-14-26(12-37-13-26)16(2)35(4)5/h7-11,15-16H,12-14,31H2,1-6H3,(H,32,33,34)/t15-,16+/m1/s1. The largest absolute Gasteiger partial charge is 0.493 e. The fourth-order valence-corrected chi connectivity index (χ4v) is 4.59. The number of hydrogen-bond donors (Lipinski definition) is 2. The zero-order chi connectivity index (χ0) is 27.8. The monoisotopic (exact) mass is 533 g/mol. The molecule has 3 N–H and O–H groups in total. The number of fused-ring (bicyclic) bond motifs is 1. The number of halogens is 3. The second kappa shape index (κ2) is 10.5. The zero-order valence-electron chi connectivity index (χ0n) is 22.4. The second-order valence-corrected chi connectivity index (χ2v) is 10.2. The van der Waals surface area contributed by atoms with Crippen molar-refractivity contribution in [1.82, 2.24) is 14.9 Å². The van der Waals surface area contributed by atoms with Crippen LogP contribution in [0.1, 0.15) is 36.8 Å². The van der Waals surface area contributed by atoms with Crippen molar-refractivity contribution >= 4 is 22.4 Å². The Balaban J connectivity index is 1.68. The van der Waals surface area contributed by atoms with Crippen LogP contribution in [0.25, 0.3) is 10.9 Å². The molecule has 2 heterocycles. The molecule has 0 amide bonds. The molecule has 0 saturated carbocycles. The van der Waals surface area contributed by atoms with Crippen molar-refractivity contribution in [2.24, 2.45) is 5.41 Å². The first-order valence-corrected chi connectivity index (χ1v) is 12.3. The first kappa shape index (κ1) is 27.7. The molecule has 1 aromatic heterocycles. The molecule has 2 atom stereocenters. The van der Waals surface area contributed by atoms with Crippen LogP contribution in [0.4, 0.5) is 24.7 Å². The number of methoxy groups -OCH3 is 1. The van der Waals surface area contributed by atoms with Crippen molar-refractivity contribution in [2.75, 3.05) is 52.1 Å². The normalized spacial score (nSPS) is 16.7. The number of ether oxygens (including phenoxy) is 3. The van der Waals surface area contributed by atoms with Crippen LogP contribution in [0.5, 0.6) is 11.5 Å². The van der Waals surface area contributed by atoms with Gasteiger partial charge < -0.3 is 30.2 Å². The van der Waals surface area contributed by atoms with Crippen molar-refractivity contribution in [3.63, 3.8) is 0 Å². The Morgan fingerprint density at radius 2 is 1.82 bits per heavy atom. The van der Waals surface area contributed by atoms with Crippen LogP contribution in [0.15, 0.2) is 30.3 Å². The van der Waals surface area contributed by atoms with E-state index in [1.165, 1.54) is 6.07 Å².